The van der Waals surface area contributed by atoms with Crippen LogP contribution in [-0.4, -0.2) is 18.7 Å². The van der Waals surface area contributed by atoms with Crippen molar-refractivity contribution in [3.63, 3.8) is 0 Å². The van der Waals surface area contributed by atoms with Crippen LogP contribution in [0.2, 0.25) is 5.02 Å². The molecule has 1 N–H and O–H groups in total. The van der Waals surface area contributed by atoms with E-state index in [0.717, 1.165) is 17.3 Å². The van der Waals surface area contributed by atoms with Gasteiger partial charge in [-0.15, -0.1) is 0 Å². The molecular formula is C17H16ClFN2O2. The Morgan fingerprint density at radius 3 is 2.65 bits per heavy atom. The van der Waals surface area contributed by atoms with E-state index in [0.29, 0.717) is 5.75 Å². The van der Waals surface area contributed by atoms with Gasteiger partial charge in [-0.1, -0.05) is 23.7 Å². The van der Waals surface area contributed by atoms with E-state index in [-0.39, 0.29) is 17.2 Å². The maximum absolute atomic E-state index is 13.5. The lowest BCUT2D eigenvalue weighted by Gasteiger charge is -2.07. The topological polar surface area (TPSA) is 50.7 Å². The standard InChI is InChI=1S/C17H16ClFN2O2/c1-11-6-12(2)8-13(7-11)23-10-17(22)21-20-9-14-15(18)4-3-5-16(14)19/h3-9H,10H2,1-2H3,(H,21,22)/b20-9+. The second kappa shape index (κ2) is 7.74. The number of hydrogen-bond acceptors (Lipinski definition) is 3. The number of carbonyl (C=O) groups is 1. The zero-order valence-electron chi connectivity index (χ0n) is 12.8. The summed E-state index contributed by atoms with van der Waals surface area (Å²) in [4.78, 5) is 11.7. The molecule has 0 saturated carbocycles. The lowest BCUT2D eigenvalue weighted by Crippen LogP contribution is -2.24. The van der Waals surface area contributed by atoms with Gasteiger partial charge < -0.3 is 4.74 Å². The lowest BCUT2D eigenvalue weighted by atomic mass is 10.1. The summed E-state index contributed by atoms with van der Waals surface area (Å²) in [6, 6.07) is 9.97. The average molecular weight is 335 g/mol. The second-order valence-corrected chi connectivity index (χ2v) is 5.45. The van der Waals surface area contributed by atoms with E-state index in [2.05, 4.69) is 10.5 Å². The number of hydrogen-bond donors (Lipinski definition) is 1. The Hall–Kier alpha value is -2.40. The fourth-order valence-corrected chi connectivity index (χ4v) is 2.21. The highest BCUT2D eigenvalue weighted by Gasteiger charge is 2.05. The predicted molar refractivity (Wildman–Crippen MR) is 88.6 cm³/mol. The van der Waals surface area contributed by atoms with Crippen molar-refractivity contribution in [2.45, 2.75) is 13.8 Å². The minimum Gasteiger partial charge on any atom is -0.484 e. The number of halogens is 2. The average Bonchev–Trinajstić information content (AvgIpc) is 2.47. The number of aryl methyl sites for hydroxylation is 2. The van der Waals surface area contributed by atoms with Gasteiger partial charge in [-0.05, 0) is 49.2 Å². The first-order chi connectivity index (χ1) is 11.0. The summed E-state index contributed by atoms with van der Waals surface area (Å²) in [6.07, 6.45) is 1.16. The van der Waals surface area contributed by atoms with E-state index in [9.17, 15) is 9.18 Å². The third kappa shape index (κ3) is 5.07. The molecule has 0 aliphatic heterocycles. The summed E-state index contributed by atoms with van der Waals surface area (Å²) in [7, 11) is 0. The number of ether oxygens (including phenoxy) is 1. The molecule has 0 unspecified atom stereocenters. The van der Waals surface area contributed by atoms with Crippen LogP contribution >= 0.6 is 11.6 Å². The van der Waals surface area contributed by atoms with E-state index in [1.54, 1.807) is 0 Å². The van der Waals surface area contributed by atoms with Gasteiger partial charge in [0, 0.05) is 5.56 Å². The molecule has 0 fully saturated rings. The Bertz CT molecular complexity index is 707. The molecule has 120 valence electrons. The SMILES string of the molecule is Cc1cc(C)cc(OCC(=O)N/N=C/c2c(F)cccc2Cl)c1. The Labute approximate surface area is 138 Å². The number of rotatable bonds is 5. The monoisotopic (exact) mass is 334 g/mol. The minimum absolute atomic E-state index is 0.115. The molecule has 23 heavy (non-hydrogen) atoms. The van der Waals surface area contributed by atoms with Gasteiger partial charge >= 0.3 is 0 Å². The molecule has 1 amide bonds. The van der Waals surface area contributed by atoms with Gasteiger partial charge in [0.15, 0.2) is 6.61 Å². The third-order valence-electron chi connectivity index (χ3n) is 2.95. The van der Waals surface area contributed by atoms with Gasteiger partial charge in [-0.3, -0.25) is 4.79 Å². The Morgan fingerprint density at radius 1 is 1.30 bits per heavy atom. The third-order valence-corrected chi connectivity index (χ3v) is 3.28. The zero-order chi connectivity index (χ0) is 16.8. The van der Waals surface area contributed by atoms with Crippen molar-refractivity contribution in [3.05, 3.63) is 63.9 Å². The molecule has 6 heteroatoms. The summed E-state index contributed by atoms with van der Waals surface area (Å²) in [5.41, 5.74) is 4.48. The van der Waals surface area contributed by atoms with Crippen molar-refractivity contribution < 1.29 is 13.9 Å². The number of carbonyl (C=O) groups excluding carboxylic acids is 1. The number of benzene rings is 2. The first kappa shape index (κ1) is 17.0. The van der Waals surface area contributed by atoms with E-state index >= 15 is 0 Å². The van der Waals surface area contributed by atoms with Crippen molar-refractivity contribution in [1.82, 2.24) is 5.43 Å². The molecule has 0 bridgehead atoms. The molecule has 0 heterocycles. The Balaban J connectivity index is 1.89. The van der Waals surface area contributed by atoms with Gasteiger partial charge in [0.2, 0.25) is 0 Å². The van der Waals surface area contributed by atoms with E-state index in [4.69, 9.17) is 16.3 Å². The van der Waals surface area contributed by atoms with Crippen molar-refractivity contribution in [2.24, 2.45) is 5.10 Å². The van der Waals surface area contributed by atoms with Crippen LogP contribution < -0.4 is 10.2 Å². The summed E-state index contributed by atoms with van der Waals surface area (Å²) in [5, 5.41) is 3.90. The zero-order valence-corrected chi connectivity index (χ0v) is 13.5. The van der Waals surface area contributed by atoms with Crippen LogP contribution in [0.1, 0.15) is 16.7 Å². The molecule has 0 spiro atoms. The molecule has 2 aromatic rings. The van der Waals surface area contributed by atoms with E-state index in [1.807, 2.05) is 32.0 Å². The van der Waals surface area contributed by atoms with Crippen LogP contribution in [0.4, 0.5) is 4.39 Å². The van der Waals surface area contributed by atoms with Crippen molar-refractivity contribution in [3.8, 4) is 5.75 Å². The minimum atomic E-state index is -0.512. The molecule has 2 rings (SSSR count). The van der Waals surface area contributed by atoms with Crippen molar-refractivity contribution in [2.75, 3.05) is 6.61 Å². The van der Waals surface area contributed by atoms with Gasteiger partial charge in [0.25, 0.3) is 5.91 Å². The predicted octanol–water partition coefficient (Wildman–Crippen LogP) is 3.63. The summed E-state index contributed by atoms with van der Waals surface area (Å²) >= 11 is 5.85. The highest BCUT2D eigenvalue weighted by atomic mass is 35.5. The molecule has 0 radical (unpaired) electrons. The molecule has 2 aromatic carbocycles. The number of amides is 1. The summed E-state index contributed by atoms with van der Waals surface area (Å²) in [5.74, 6) is -0.353. The van der Waals surface area contributed by atoms with Crippen LogP contribution in [0, 0.1) is 19.7 Å². The summed E-state index contributed by atoms with van der Waals surface area (Å²) < 4.78 is 18.9. The number of nitrogens with one attached hydrogen (secondary N) is 1. The van der Waals surface area contributed by atoms with Crippen molar-refractivity contribution >= 4 is 23.7 Å². The number of nitrogens with zero attached hydrogens (tertiary/aromatic N) is 1. The van der Waals surface area contributed by atoms with Crippen LogP contribution in [0.25, 0.3) is 0 Å². The molecule has 0 aliphatic rings. The quantitative estimate of drug-likeness (QED) is 0.670. The molecule has 0 aliphatic carbocycles. The van der Waals surface area contributed by atoms with Gasteiger partial charge in [-0.25, -0.2) is 9.82 Å². The summed E-state index contributed by atoms with van der Waals surface area (Å²) in [6.45, 7) is 3.70. The Kier molecular flexibility index (Phi) is 5.71. The highest BCUT2D eigenvalue weighted by molar-refractivity contribution is 6.33. The van der Waals surface area contributed by atoms with Crippen LogP contribution in [-0.2, 0) is 4.79 Å². The first-order valence-electron chi connectivity index (χ1n) is 6.92. The molecule has 4 nitrogen and oxygen atoms in total. The van der Waals surface area contributed by atoms with Crippen LogP contribution in [0.3, 0.4) is 0 Å². The maximum Gasteiger partial charge on any atom is 0.277 e. The largest absolute Gasteiger partial charge is 0.484 e. The molecular weight excluding hydrogens is 319 g/mol. The van der Waals surface area contributed by atoms with Crippen LogP contribution in [0.5, 0.6) is 5.75 Å². The highest BCUT2D eigenvalue weighted by Crippen LogP contribution is 2.17. The molecule has 0 saturated heterocycles. The Morgan fingerprint density at radius 2 is 2.00 bits per heavy atom. The fourth-order valence-electron chi connectivity index (χ4n) is 2.00. The van der Waals surface area contributed by atoms with Gasteiger partial charge in [0.1, 0.15) is 11.6 Å². The molecule has 0 aromatic heterocycles. The van der Waals surface area contributed by atoms with Crippen molar-refractivity contribution in [1.29, 1.82) is 0 Å². The lowest BCUT2D eigenvalue weighted by molar-refractivity contribution is -0.123. The maximum atomic E-state index is 13.5. The first-order valence-corrected chi connectivity index (χ1v) is 7.30. The van der Waals surface area contributed by atoms with Gasteiger partial charge in [-0.2, -0.15) is 5.10 Å². The second-order valence-electron chi connectivity index (χ2n) is 5.04. The molecule has 0 atom stereocenters. The van der Waals surface area contributed by atoms with E-state index < -0.39 is 11.7 Å². The normalized spacial score (nSPS) is 10.8. The van der Waals surface area contributed by atoms with Crippen LogP contribution in [0.15, 0.2) is 41.5 Å². The fraction of sp³-hybridized carbons (Fsp3) is 0.176. The van der Waals surface area contributed by atoms with Gasteiger partial charge in [0.05, 0.1) is 11.2 Å². The van der Waals surface area contributed by atoms with E-state index in [1.165, 1.54) is 18.2 Å². The smallest absolute Gasteiger partial charge is 0.277 e. The number of hydrazone groups is 1.